The molecule has 5 nitrogen and oxygen atoms in total. The fraction of sp³-hybridized carbons (Fsp3) is 0.312. The molecule has 2 N–H and O–H groups in total. The van der Waals surface area contributed by atoms with Crippen LogP contribution in [0.15, 0.2) is 24.4 Å². The summed E-state index contributed by atoms with van der Waals surface area (Å²) in [6.45, 7) is 4.96. The van der Waals surface area contributed by atoms with Crippen LogP contribution in [0.25, 0.3) is 0 Å². The van der Waals surface area contributed by atoms with Gasteiger partial charge in [0, 0.05) is 29.4 Å². The molecule has 0 radical (unpaired) electrons. The lowest BCUT2D eigenvalue weighted by molar-refractivity contribution is -0.124. The van der Waals surface area contributed by atoms with E-state index in [-0.39, 0.29) is 11.8 Å². The first-order valence-electron chi connectivity index (χ1n) is 7.13. The molecule has 0 aliphatic carbocycles. The fourth-order valence-corrected chi connectivity index (χ4v) is 3.03. The number of rotatable bonds is 5. The predicted octanol–water partition coefficient (Wildman–Crippen LogP) is 3.16. The minimum Gasteiger partial charge on any atom is -0.345 e. The predicted molar refractivity (Wildman–Crippen MR) is 93.0 cm³/mol. The van der Waals surface area contributed by atoms with Gasteiger partial charge in [-0.1, -0.05) is 23.7 Å². The Kier molecular flexibility index (Phi) is 5.74. The largest absolute Gasteiger partial charge is 0.345 e. The Morgan fingerprint density at radius 2 is 2.13 bits per heavy atom. The van der Waals surface area contributed by atoms with Gasteiger partial charge in [0.15, 0.2) is 5.13 Å². The Morgan fingerprint density at radius 1 is 1.39 bits per heavy atom. The highest BCUT2D eigenvalue weighted by atomic mass is 35.5. The minimum absolute atomic E-state index is 0.247. The van der Waals surface area contributed by atoms with Crippen LogP contribution >= 0.6 is 22.9 Å². The second-order valence-electron chi connectivity index (χ2n) is 5.30. The third-order valence-electron chi connectivity index (χ3n) is 3.21. The van der Waals surface area contributed by atoms with Crippen LogP contribution in [0.3, 0.4) is 0 Å². The van der Waals surface area contributed by atoms with Gasteiger partial charge in [-0.3, -0.25) is 9.59 Å². The van der Waals surface area contributed by atoms with Crippen molar-refractivity contribution >= 4 is 39.9 Å². The van der Waals surface area contributed by atoms with Crippen molar-refractivity contribution in [2.24, 2.45) is 0 Å². The molecule has 23 heavy (non-hydrogen) atoms. The summed E-state index contributed by atoms with van der Waals surface area (Å²) in [5.74, 6) is -0.539. The summed E-state index contributed by atoms with van der Waals surface area (Å²) in [4.78, 5) is 28.1. The van der Waals surface area contributed by atoms with Crippen LogP contribution in [0, 0.1) is 6.92 Å². The van der Waals surface area contributed by atoms with Gasteiger partial charge in [0.2, 0.25) is 11.8 Å². The van der Waals surface area contributed by atoms with Crippen molar-refractivity contribution in [1.82, 2.24) is 10.3 Å². The summed E-state index contributed by atoms with van der Waals surface area (Å²) in [5, 5.41) is 6.49. The first-order chi connectivity index (χ1) is 10.8. The van der Waals surface area contributed by atoms with Crippen molar-refractivity contribution in [1.29, 1.82) is 0 Å². The molecule has 0 bridgehead atoms. The third kappa shape index (κ3) is 5.04. The van der Waals surface area contributed by atoms with Gasteiger partial charge in [-0.2, -0.15) is 0 Å². The lowest BCUT2D eigenvalue weighted by Crippen LogP contribution is -2.40. The normalized spacial score (nSPS) is 11.8. The molecule has 0 spiro atoms. The number of aromatic nitrogens is 1. The Labute approximate surface area is 144 Å². The quantitative estimate of drug-likeness (QED) is 0.869. The second-order valence-corrected chi connectivity index (χ2v) is 6.83. The molecule has 1 aromatic carbocycles. The Balaban J connectivity index is 1.99. The highest BCUT2D eigenvalue weighted by Gasteiger charge is 2.15. The topological polar surface area (TPSA) is 71.1 Å². The first kappa shape index (κ1) is 17.4. The molecule has 1 aromatic heterocycles. The van der Waals surface area contributed by atoms with Crippen molar-refractivity contribution in [3.8, 4) is 0 Å². The molecule has 2 aromatic rings. The summed E-state index contributed by atoms with van der Waals surface area (Å²) in [6.07, 6.45) is 2.44. The zero-order valence-electron chi connectivity index (χ0n) is 13.1. The molecule has 0 saturated heterocycles. The smallest absolute Gasteiger partial charge is 0.248 e. The Morgan fingerprint density at radius 3 is 2.78 bits per heavy atom. The molecule has 1 atom stereocenters. The molecule has 1 unspecified atom stereocenters. The maximum Gasteiger partial charge on any atom is 0.248 e. The molecule has 1 heterocycles. The number of hydrogen-bond donors (Lipinski definition) is 2. The molecule has 0 aliphatic heterocycles. The molecule has 2 amide bonds. The number of anilines is 1. The van der Waals surface area contributed by atoms with Crippen molar-refractivity contribution < 1.29 is 9.59 Å². The van der Waals surface area contributed by atoms with Crippen molar-refractivity contribution in [3.05, 3.63) is 45.4 Å². The third-order valence-corrected chi connectivity index (χ3v) is 4.53. The zero-order valence-corrected chi connectivity index (χ0v) is 14.7. The summed E-state index contributed by atoms with van der Waals surface area (Å²) < 4.78 is 0. The number of halogens is 1. The van der Waals surface area contributed by atoms with E-state index in [2.05, 4.69) is 15.6 Å². The molecule has 122 valence electrons. The van der Waals surface area contributed by atoms with Crippen LogP contribution < -0.4 is 10.6 Å². The number of carbonyl (C=O) groups is 2. The van der Waals surface area contributed by atoms with E-state index in [9.17, 15) is 9.59 Å². The lowest BCUT2D eigenvalue weighted by Gasteiger charge is -2.10. The monoisotopic (exact) mass is 351 g/mol. The van der Waals surface area contributed by atoms with E-state index in [0.717, 1.165) is 21.0 Å². The van der Waals surface area contributed by atoms with Gasteiger partial charge in [0.05, 0.1) is 0 Å². The summed E-state index contributed by atoms with van der Waals surface area (Å²) >= 11 is 7.53. The van der Waals surface area contributed by atoms with Crippen molar-refractivity contribution in [2.45, 2.75) is 33.2 Å². The highest BCUT2D eigenvalue weighted by Crippen LogP contribution is 2.23. The molecule has 0 fully saturated rings. The number of benzene rings is 1. The minimum atomic E-state index is -0.601. The molecular weight excluding hydrogens is 334 g/mol. The lowest BCUT2D eigenvalue weighted by atomic mass is 10.1. The van der Waals surface area contributed by atoms with Crippen LogP contribution in [0.2, 0.25) is 5.02 Å². The van der Waals surface area contributed by atoms with Crippen LogP contribution in [0.1, 0.15) is 29.9 Å². The van der Waals surface area contributed by atoms with Crippen molar-refractivity contribution in [3.63, 3.8) is 0 Å². The fourth-order valence-electron chi connectivity index (χ4n) is 1.98. The molecule has 7 heteroatoms. The number of aryl methyl sites for hydroxylation is 1. The van der Waals surface area contributed by atoms with E-state index >= 15 is 0 Å². The number of carbonyl (C=O) groups excluding carboxylic acids is 2. The van der Waals surface area contributed by atoms with Gasteiger partial charge in [-0.05, 0) is 31.0 Å². The van der Waals surface area contributed by atoms with Gasteiger partial charge < -0.3 is 10.6 Å². The van der Waals surface area contributed by atoms with E-state index in [1.54, 1.807) is 13.1 Å². The molecule has 0 saturated carbocycles. The number of hydrogen-bond acceptors (Lipinski definition) is 4. The Hall–Kier alpha value is -1.92. The molecule has 2 rings (SSSR count). The highest BCUT2D eigenvalue weighted by molar-refractivity contribution is 7.15. The van der Waals surface area contributed by atoms with Crippen LogP contribution in [-0.2, 0) is 16.0 Å². The SMILES string of the molecule is CC(=O)NC(C)C(=O)Nc1ncc(Cc2ccc(C)c(Cl)c2)s1. The van der Waals surface area contributed by atoms with Crippen LogP contribution in [0.4, 0.5) is 5.13 Å². The van der Waals surface area contributed by atoms with Crippen LogP contribution in [0.5, 0.6) is 0 Å². The average molecular weight is 352 g/mol. The number of nitrogens with zero attached hydrogens (tertiary/aromatic N) is 1. The van der Waals surface area contributed by atoms with E-state index in [1.807, 2.05) is 25.1 Å². The second kappa shape index (κ2) is 7.57. The zero-order chi connectivity index (χ0) is 17.0. The Bertz CT molecular complexity index is 730. The number of nitrogens with one attached hydrogen (secondary N) is 2. The number of amides is 2. The van der Waals surface area contributed by atoms with Gasteiger partial charge in [-0.15, -0.1) is 11.3 Å². The summed E-state index contributed by atoms with van der Waals surface area (Å²) in [6, 6.07) is 5.35. The molecular formula is C16H18ClN3O2S. The van der Waals surface area contributed by atoms with E-state index in [4.69, 9.17) is 11.6 Å². The maximum atomic E-state index is 11.9. The number of thiazole rings is 1. The summed E-state index contributed by atoms with van der Waals surface area (Å²) in [5.41, 5.74) is 2.13. The average Bonchev–Trinajstić information content (AvgIpc) is 2.89. The van der Waals surface area contributed by atoms with Crippen LogP contribution in [-0.4, -0.2) is 22.8 Å². The molecule has 0 aliphatic rings. The van der Waals surface area contributed by atoms with Gasteiger partial charge in [0.25, 0.3) is 0 Å². The summed E-state index contributed by atoms with van der Waals surface area (Å²) in [7, 11) is 0. The van der Waals surface area contributed by atoms with E-state index in [0.29, 0.717) is 11.6 Å². The van der Waals surface area contributed by atoms with Crippen molar-refractivity contribution in [2.75, 3.05) is 5.32 Å². The van der Waals surface area contributed by atoms with Gasteiger partial charge >= 0.3 is 0 Å². The maximum absolute atomic E-state index is 11.9. The standard InChI is InChI=1S/C16H18ClN3O2S/c1-9-4-5-12(7-14(9)17)6-13-8-18-16(23-13)20-15(22)10(2)19-11(3)21/h4-5,7-8,10H,6H2,1-3H3,(H,19,21)(H,18,20,22). The van der Waals surface area contributed by atoms with E-state index < -0.39 is 6.04 Å². The van der Waals surface area contributed by atoms with Gasteiger partial charge in [0.1, 0.15) is 6.04 Å². The van der Waals surface area contributed by atoms with E-state index in [1.165, 1.54) is 18.3 Å². The van der Waals surface area contributed by atoms with Gasteiger partial charge in [-0.25, -0.2) is 4.98 Å². The first-order valence-corrected chi connectivity index (χ1v) is 8.32.